The molecule has 0 unspecified atom stereocenters. The van der Waals surface area contributed by atoms with Crippen LogP contribution in [0.5, 0.6) is 0 Å². The molecule has 0 aliphatic rings. The molecule has 0 heterocycles. The number of hydrogen-bond donors (Lipinski definition) is 1. The predicted molar refractivity (Wildman–Crippen MR) is 209 cm³/mol. The van der Waals surface area contributed by atoms with Gasteiger partial charge in [0.25, 0.3) is 0 Å². The number of carbonyl (C=O) groups is 6. The summed E-state index contributed by atoms with van der Waals surface area (Å²) in [6.45, 7) is 22.3. The molecule has 1 aromatic carbocycles. The normalized spacial score (nSPS) is 10.3. The van der Waals surface area contributed by atoms with Crippen LogP contribution in [0, 0.1) is 16.2 Å². The van der Waals surface area contributed by atoms with Crippen molar-refractivity contribution in [2.45, 2.75) is 137 Å². The third kappa shape index (κ3) is 28.0. The molecule has 12 nitrogen and oxygen atoms in total. The van der Waals surface area contributed by atoms with Crippen LogP contribution in [0.1, 0.15) is 136 Å². The van der Waals surface area contributed by atoms with Gasteiger partial charge < -0.3 is 28.8 Å². The highest BCUT2D eigenvalue weighted by Crippen LogP contribution is 2.23. The van der Waals surface area contributed by atoms with Crippen LogP contribution in [0.15, 0.2) is 42.5 Å². The Morgan fingerprint density at radius 1 is 0.604 bits per heavy atom. The van der Waals surface area contributed by atoms with Crippen molar-refractivity contribution in [3.63, 3.8) is 0 Å². The molecule has 0 fully saturated rings. The van der Waals surface area contributed by atoms with Crippen LogP contribution in [0.2, 0.25) is 0 Å². The van der Waals surface area contributed by atoms with Crippen LogP contribution in [0.3, 0.4) is 0 Å². The minimum Gasteiger partial charge on any atom is -0.481 e. The Balaban J connectivity index is -0.000000213. The third-order valence-corrected chi connectivity index (χ3v) is 7.77. The summed E-state index contributed by atoms with van der Waals surface area (Å²) in [5, 5.41) is 8.39. The summed E-state index contributed by atoms with van der Waals surface area (Å²) in [6.07, 6.45) is 2.41. The third-order valence-electron chi connectivity index (χ3n) is 7.77. The fourth-order valence-corrected chi connectivity index (χ4v) is 2.88. The molecule has 0 aliphatic heterocycles. The fraction of sp³-hybridized carbons (Fsp3) is 0.659. The molecule has 0 aliphatic carbocycles. The van der Waals surface area contributed by atoms with E-state index in [2.05, 4.69) is 6.58 Å². The molecule has 0 bridgehead atoms. The first kappa shape index (κ1) is 58.1. The van der Waals surface area contributed by atoms with Gasteiger partial charge in [0.05, 0.1) is 16.2 Å². The summed E-state index contributed by atoms with van der Waals surface area (Å²) in [5.74, 6) is -2.62. The van der Waals surface area contributed by atoms with E-state index in [9.17, 15) is 28.8 Å². The van der Waals surface area contributed by atoms with E-state index >= 15 is 0 Å². The van der Waals surface area contributed by atoms with Crippen molar-refractivity contribution < 1.29 is 57.6 Å². The Morgan fingerprint density at radius 3 is 1.36 bits per heavy atom. The number of rotatable bonds is 19. The second-order valence-corrected chi connectivity index (χ2v) is 13.4. The van der Waals surface area contributed by atoms with Gasteiger partial charge in [-0.25, -0.2) is 4.79 Å². The first-order chi connectivity index (χ1) is 23.2. The molecular weight excluding hydrogens is 684 g/mol. The average Bonchev–Trinajstić information content (AvgIpc) is 3.07. The largest absolute Gasteiger partial charge is 0.481 e. The monoisotopic (exact) mass is 757 g/mol. The Kier molecular flexibility index (Phi) is 33.2. The predicted octanol–water partition coefficient (Wildman–Crippen LogP) is 8.92. The standard InChI is InChI=1S/C13H22O6.C13H18O2.C12H20O4.3CH4/c1-4-13(2,3)12(17)19-9-8-18-11(16)7-5-6-10(14)15;1-4-13(2,3)12(14)15-10-11-8-6-5-7-9-11;1-6-12(4,5)11(14)16-8-7-15-10(13)9(2)3;;;/h4-9H2,1-3H3,(H,14,15);5-9H,4,10H2,1-3H3;2,6-8H2,1,3-5H3;3*1H4. The van der Waals surface area contributed by atoms with E-state index < -0.39 is 28.7 Å². The van der Waals surface area contributed by atoms with Crippen LogP contribution in [-0.4, -0.2) is 67.3 Å². The molecule has 308 valence electrons. The molecule has 0 amide bonds. The fourth-order valence-electron chi connectivity index (χ4n) is 2.88. The quantitative estimate of drug-likeness (QED) is 0.0617. The lowest BCUT2D eigenvalue weighted by atomic mass is 9.91. The van der Waals surface area contributed by atoms with E-state index in [0.717, 1.165) is 12.0 Å². The van der Waals surface area contributed by atoms with Gasteiger partial charge in [0.2, 0.25) is 0 Å². The maximum atomic E-state index is 11.6. The molecule has 0 spiro atoms. The molecule has 0 radical (unpaired) electrons. The maximum Gasteiger partial charge on any atom is 0.333 e. The van der Waals surface area contributed by atoms with E-state index in [1.54, 1.807) is 20.8 Å². The number of carbonyl (C=O) groups excluding carboxylic acids is 5. The van der Waals surface area contributed by atoms with Crippen LogP contribution in [0.4, 0.5) is 0 Å². The highest BCUT2D eigenvalue weighted by atomic mass is 16.6. The van der Waals surface area contributed by atoms with Gasteiger partial charge in [0, 0.05) is 18.4 Å². The zero-order chi connectivity index (χ0) is 39.0. The lowest BCUT2D eigenvalue weighted by Crippen LogP contribution is -2.27. The summed E-state index contributed by atoms with van der Waals surface area (Å²) in [5.41, 5.74) is -0.0449. The van der Waals surface area contributed by atoms with E-state index in [4.69, 9.17) is 28.8 Å². The number of esters is 5. The summed E-state index contributed by atoms with van der Waals surface area (Å²) < 4.78 is 24.8. The number of hydrogen-bond acceptors (Lipinski definition) is 11. The zero-order valence-corrected chi connectivity index (χ0v) is 31.8. The Bertz CT molecular complexity index is 1220. The van der Waals surface area contributed by atoms with Crippen molar-refractivity contribution in [3.8, 4) is 0 Å². The van der Waals surface area contributed by atoms with Gasteiger partial charge in [0.1, 0.15) is 33.0 Å². The van der Waals surface area contributed by atoms with Crippen molar-refractivity contribution in [3.05, 3.63) is 48.0 Å². The molecule has 1 N–H and O–H groups in total. The van der Waals surface area contributed by atoms with Crippen molar-refractivity contribution >= 4 is 35.8 Å². The molecule has 0 saturated heterocycles. The van der Waals surface area contributed by atoms with Gasteiger partial charge >= 0.3 is 35.8 Å². The average molecular weight is 757 g/mol. The van der Waals surface area contributed by atoms with E-state index in [0.29, 0.717) is 25.0 Å². The van der Waals surface area contributed by atoms with Crippen molar-refractivity contribution in [1.82, 2.24) is 0 Å². The first-order valence-corrected chi connectivity index (χ1v) is 16.9. The SMILES string of the molecule is C.C.C.C=C(C)C(=O)OCCOC(=O)C(C)(C)CC.CCC(C)(C)C(=O)OCCOC(=O)CCCC(=O)O.CCC(C)(C)C(=O)OCc1ccccc1. The van der Waals surface area contributed by atoms with Crippen LogP contribution in [-0.2, 0) is 59.1 Å². The Morgan fingerprint density at radius 2 is 0.981 bits per heavy atom. The Labute approximate surface area is 320 Å². The molecular formula is C41H72O12. The number of aliphatic carboxylic acids is 1. The number of carboxylic acids is 1. The maximum absolute atomic E-state index is 11.6. The highest BCUT2D eigenvalue weighted by Gasteiger charge is 2.28. The molecule has 0 saturated carbocycles. The van der Waals surface area contributed by atoms with Crippen molar-refractivity contribution in [2.24, 2.45) is 16.2 Å². The second-order valence-electron chi connectivity index (χ2n) is 13.4. The van der Waals surface area contributed by atoms with E-state index in [1.165, 1.54) is 0 Å². The van der Waals surface area contributed by atoms with Crippen LogP contribution >= 0.6 is 0 Å². The molecule has 53 heavy (non-hydrogen) atoms. The van der Waals surface area contributed by atoms with Gasteiger partial charge in [-0.3, -0.25) is 24.0 Å². The molecule has 12 heteroatoms. The van der Waals surface area contributed by atoms with Gasteiger partial charge in [-0.15, -0.1) is 0 Å². The van der Waals surface area contributed by atoms with Gasteiger partial charge in [0.15, 0.2) is 0 Å². The first-order valence-electron chi connectivity index (χ1n) is 16.9. The molecule has 0 aromatic heterocycles. The molecule has 1 aromatic rings. The van der Waals surface area contributed by atoms with E-state index in [1.807, 2.05) is 78.8 Å². The highest BCUT2D eigenvalue weighted by molar-refractivity contribution is 5.87. The summed E-state index contributed by atoms with van der Waals surface area (Å²) in [6, 6.07) is 9.72. The van der Waals surface area contributed by atoms with Crippen LogP contribution < -0.4 is 0 Å². The van der Waals surface area contributed by atoms with Gasteiger partial charge in [-0.05, 0) is 79.7 Å². The molecule has 1 rings (SSSR count). The molecule has 0 atom stereocenters. The number of ether oxygens (including phenoxy) is 5. The second kappa shape index (κ2) is 30.3. The van der Waals surface area contributed by atoms with E-state index in [-0.39, 0.29) is 91.3 Å². The van der Waals surface area contributed by atoms with Crippen LogP contribution in [0.25, 0.3) is 0 Å². The minimum atomic E-state index is -0.941. The lowest BCUT2D eigenvalue weighted by molar-refractivity contribution is -0.159. The zero-order valence-electron chi connectivity index (χ0n) is 31.8. The topological polar surface area (TPSA) is 169 Å². The number of carboxylic acid groups (broad SMARTS) is 1. The summed E-state index contributed by atoms with van der Waals surface area (Å²) in [4.78, 5) is 67.1. The smallest absolute Gasteiger partial charge is 0.333 e. The Hall–Kier alpha value is -4.22. The van der Waals surface area contributed by atoms with Gasteiger partial charge in [-0.2, -0.15) is 0 Å². The summed E-state index contributed by atoms with van der Waals surface area (Å²) >= 11 is 0. The lowest BCUT2D eigenvalue weighted by Gasteiger charge is -2.20. The van der Waals surface area contributed by atoms with Gasteiger partial charge in [-0.1, -0.05) is 80.0 Å². The minimum absolute atomic E-state index is 0. The number of benzene rings is 1. The summed E-state index contributed by atoms with van der Waals surface area (Å²) in [7, 11) is 0. The van der Waals surface area contributed by atoms with Crippen molar-refractivity contribution in [2.75, 3.05) is 26.4 Å². The van der Waals surface area contributed by atoms with Crippen molar-refractivity contribution in [1.29, 1.82) is 0 Å².